The highest BCUT2D eigenvalue weighted by Crippen LogP contribution is 2.24. The molecule has 1 aromatic rings. The molecule has 16 heavy (non-hydrogen) atoms. The molecule has 0 saturated heterocycles. The number of nitrogens with zero attached hydrogens (tertiary/aromatic N) is 2. The van der Waals surface area contributed by atoms with Gasteiger partial charge in [0.25, 0.3) is 0 Å². The molecule has 0 amide bonds. The number of nitriles is 1. The maximum absolute atomic E-state index is 8.95. The fourth-order valence-electron chi connectivity index (χ4n) is 2.31. The third kappa shape index (κ3) is 2.80. The highest BCUT2D eigenvalue weighted by atomic mass is 14.9. The van der Waals surface area contributed by atoms with Crippen molar-refractivity contribution in [1.29, 1.82) is 5.26 Å². The molecule has 0 spiro atoms. The van der Waals surface area contributed by atoms with Crippen molar-refractivity contribution in [3.8, 4) is 6.07 Å². The summed E-state index contributed by atoms with van der Waals surface area (Å²) in [6.07, 6.45) is 8.05. The summed E-state index contributed by atoms with van der Waals surface area (Å²) in [6, 6.07) is 6.88. The minimum atomic E-state index is 0.220. The lowest BCUT2D eigenvalue weighted by atomic mass is 10.1. The van der Waals surface area contributed by atoms with Gasteiger partial charge in [0.05, 0.1) is 12.0 Å². The molecule has 1 aromatic heterocycles. The van der Waals surface area contributed by atoms with E-state index in [4.69, 9.17) is 5.26 Å². The Labute approximate surface area is 96.5 Å². The number of aromatic nitrogens is 1. The third-order valence-corrected chi connectivity index (χ3v) is 3.25. The predicted octanol–water partition coefficient (Wildman–Crippen LogP) is 1.91. The average Bonchev–Trinajstić information content (AvgIpc) is 2.78. The van der Waals surface area contributed by atoms with Gasteiger partial charge in [-0.1, -0.05) is 6.42 Å². The quantitative estimate of drug-likeness (QED) is 0.834. The molecule has 1 heterocycles. The summed E-state index contributed by atoms with van der Waals surface area (Å²) < 4.78 is 0. The average molecular weight is 215 g/mol. The lowest BCUT2D eigenvalue weighted by Gasteiger charge is -2.15. The molecule has 0 aromatic carbocycles. The smallest absolute Gasteiger partial charge is 0.0672 e. The zero-order valence-electron chi connectivity index (χ0n) is 9.39. The Balaban J connectivity index is 1.74. The molecule has 3 heteroatoms. The Morgan fingerprint density at radius 2 is 2.19 bits per heavy atom. The number of pyridine rings is 1. The van der Waals surface area contributed by atoms with E-state index in [0.29, 0.717) is 6.04 Å². The molecular formula is C13H17N3. The third-order valence-electron chi connectivity index (χ3n) is 3.25. The number of rotatable bonds is 4. The van der Waals surface area contributed by atoms with E-state index in [9.17, 15) is 0 Å². The second-order valence-electron chi connectivity index (χ2n) is 4.33. The number of nitrogens with one attached hydrogen (secondary N) is 1. The fraction of sp³-hybridized carbons (Fsp3) is 0.538. The number of hydrogen-bond donors (Lipinski definition) is 1. The van der Waals surface area contributed by atoms with Crippen LogP contribution in [-0.4, -0.2) is 17.6 Å². The summed E-state index contributed by atoms with van der Waals surface area (Å²) in [5.74, 6) is 0.220. The van der Waals surface area contributed by atoms with E-state index < -0.39 is 0 Å². The molecule has 84 valence electrons. The van der Waals surface area contributed by atoms with Gasteiger partial charge < -0.3 is 5.32 Å². The first-order valence-electron chi connectivity index (χ1n) is 5.92. The van der Waals surface area contributed by atoms with Crippen LogP contribution in [0.2, 0.25) is 0 Å². The van der Waals surface area contributed by atoms with Gasteiger partial charge in [0.1, 0.15) is 0 Å². The largest absolute Gasteiger partial charge is 0.312 e. The molecule has 1 aliphatic carbocycles. The Morgan fingerprint density at radius 3 is 2.94 bits per heavy atom. The first-order valence-corrected chi connectivity index (χ1v) is 5.92. The van der Waals surface area contributed by atoms with Crippen molar-refractivity contribution in [2.75, 3.05) is 6.54 Å². The number of hydrogen-bond acceptors (Lipinski definition) is 3. The van der Waals surface area contributed by atoms with Crippen LogP contribution in [0.25, 0.3) is 0 Å². The van der Waals surface area contributed by atoms with Gasteiger partial charge in [0.2, 0.25) is 0 Å². The van der Waals surface area contributed by atoms with Crippen LogP contribution < -0.4 is 5.32 Å². The lowest BCUT2D eigenvalue weighted by molar-refractivity contribution is 0.468. The van der Waals surface area contributed by atoms with Gasteiger partial charge in [-0.05, 0) is 43.5 Å². The van der Waals surface area contributed by atoms with Crippen molar-refractivity contribution >= 4 is 0 Å². The second-order valence-corrected chi connectivity index (χ2v) is 4.33. The van der Waals surface area contributed by atoms with E-state index in [1.165, 1.54) is 12.0 Å². The van der Waals surface area contributed by atoms with Crippen LogP contribution in [0, 0.1) is 17.2 Å². The van der Waals surface area contributed by atoms with Crippen LogP contribution in [0.15, 0.2) is 24.5 Å². The first-order chi connectivity index (χ1) is 7.90. The Bertz CT molecular complexity index is 355. The summed E-state index contributed by atoms with van der Waals surface area (Å²) in [7, 11) is 0. The van der Waals surface area contributed by atoms with Crippen LogP contribution in [0.4, 0.5) is 0 Å². The normalized spacial score (nSPS) is 24.2. The van der Waals surface area contributed by atoms with Gasteiger partial charge in [-0.25, -0.2) is 0 Å². The van der Waals surface area contributed by atoms with E-state index in [-0.39, 0.29) is 5.92 Å². The summed E-state index contributed by atoms with van der Waals surface area (Å²) in [4.78, 5) is 3.99. The monoisotopic (exact) mass is 215 g/mol. The highest BCUT2D eigenvalue weighted by Gasteiger charge is 2.25. The van der Waals surface area contributed by atoms with Gasteiger partial charge in [0.15, 0.2) is 0 Å². The molecule has 1 N–H and O–H groups in total. The van der Waals surface area contributed by atoms with Gasteiger partial charge in [0, 0.05) is 18.4 Å². The topological polar surface area (TPSA) is 48.7 Å². The van der Waals surface area contributed by atoms with Gasteiger partial charge >= 0.3 is 0 Å². The van der Waals surface area contributed by atoms with Crippen molar-refractivity contribution in [1.82, 2.24) is 10.3 Å². The lowest BCUT2D eigenvalue weighted by Crippen LogP contribution is -2.33. The maximum atomic E-state index is 8.95. The van der Waals surface area contributed by atoms with E-state index in [1.807, 2.05) is 24.5 Å². The molecule has 1 saturated carbocycles. The fourth-order valence-corrected chi connectivity index (χ4v) is 2.31. The maximum Gasteiger partial charge on any atom is 0.0672 e. The van der Waals surface area contributed by atoms with Crippen LogP contribution in [-0.2, 0) is 6.42 Å². The van der Waals surface area contributed by atoms with Crippen LogP contribution in [0.1, 0.15) is 24.8 Å². The molecule has 0 bridgehead atoms. The van der Waals surface area contributed by atoms with E-state index in [2.05, 4.69) is 16.4 Å². The summed E-state index contributed by atoms with van der Waals surface area (Å²) in [5.41, 5.74) is 1.30. The minimum absolute atomic E-state index is 0.220. The van der Waals surface area contributed by atoms with Crippen molar-refractivity contribution in [3.63, 3.8) is 0 Å². The van der Waals surface area contributed by atoms with Crippen molar-refractivity contribution in [2.45, 2.75) is 31.7 Å². The minimum Gasteiger partial charge on any atom is -0.312 e. The Morgan fingerprint density at radius 1 is 1.38 bits per heavy atom. The molecule has 3 nitrogen and oxygen atoms in total. The van der Waals surface area contributed by atoms with Gasteiger partial charge in [-0.3, -0.25) is 4.98 Å². The molecule has 0 radical (unpaired) electrons. The van der Waals surface area contributed by atoms with Crippen molar-refractivity contribution < 1.29 is 0 Å². The zero-order valence-corrected chi connectivity index (χ0v) is 9.39. The second kappa shape index (κ2) is 5.62. The Hall–Kier alpha value is -1.40. The SMILES string of the molecule is N#CC1CCCC1NCCc1ccncc1. The molecule has 2 rings (SSSR count). The highest BCUT2D eigenvalue weighted by molar-refractivity contribution is 5.10. The van der Waals surface area contributed by atoms with Crippen LogP contribution in [0.5, 0.6) is 0 Å². The first kappa shape index (κ1) is 11.1. The summed E-state index contributed by atoms with van der Waals surface area (Å²) in [6.45, 7) is 0.951. The van der Waals surface area contributed by atoms with E-state index >= 15 is 0 Å². The van der Waals surface area contributed by atoms with E-state index in [0.717, 1.165) is 25.8 Å². The van der Waals surface area contributed by atoms with Gasteiger partial charge in [-0.15, -0.1) is 0 Å². The molecule has 2 unspecified atom stereocenters. The predicted molar refractivity (Wildman–Crippen MR) is 62.7 cm³/mol. The van der Waals surface area contributed by atoms with Crippen LogP contribution in [0.3, 0.4) is 0 Å². The van der Waals surface area contributed by atoms with Crippen molar-refractivity contribution in [3.05, 3.63) is 30.1 Å². The molecular weight excluding hydrogens is 198 g/mol. The Kier molecular flexibility index (Phi) is 3.90. The zero-order chi connectivity index (χ0) is 11.2. The summed E-state index contributed by atoms with van der Waals surface area (Å²) in [5, 5.41) is 12.4. The molecule has 1 aliphatic rings. The van der Waals surface area contributed by atoms with E-state index in [1.54, 1.807) is 0 Å². The molecule has 2 atom stereocenters. The molecule has 0 aliphatic heterocycles. The van der Waals surface area contributed by atoms with Gasteiger partial charge in [-0.2, -0.15) is 5.26 Å². The molecule has 1 fully saturated rings. The summed E-state index contributed by atoms with van der Waals surface area (Å²) >= 11 is 0. The van der Waals surface area contributed by atoms with Crippen LogP contribution >= 0.6 is 0 Å². The standard InChI is InChI=1S/C13H17N3/c14-10-12-2-1-3-13(12)16-9-6-11-4-7-15-8-5-11/h4-5,7-8,12-13,16H,1-3,6,9H2. The van der Waals surface area contributed by atoms with Crippen molar-refractivity contribution in [2.24, 2.45) is 5.92 Å².